The highest BCUT2D eigenvalue weighted by Gasteiger charge is 2.06. The molecule has 2 rings (SSSR count). The number of aromatic nitrogens is 3. The molecule has 2 N–H and O–H groups in total. The zero-order valence-corrected chi connectivity index (χ0v) is 10.7. The fraction of sp³-hybridized carbons (Fsp3) is 0.308. The smallest absolute Gasteiger partial charge is 0.134 e. The van der Waals surface area contributed by atoms with E-state index in [0.717, 1.165) is 24.6 Å². The van der Waals surface area contributed by atoms with Crippen LogP contribution >= 0.6 is 0 Å². The minimum absolute atomic E-state index is 0.512. The molecule has 0 aliphatic heterocycles. The molecule has 94 valence electrons. The van der Waals surface area contributed by atoms with E-state index in [1.165, 1.54) is 5.56 Å². The largest absolute Gasteiger partial charge is 0.384 e. The highest BCUT2D eigenvalue weighted by atomic mass is 15.2. The first kappa shape index (κ1) is 12.3. The summed E-state index contributed by atoms with van der Waals surface area (Å²) < 4.78 is 0. The van der Waals surface area contributed by atoms with Gasteiger partial charge in [-0.05, 0) is 17.7 Å². The molecule has 0 unspecified atom stereocenters. The molecule has 5 heteroatoms. The molecule has 0 atom stereocenters. The first-order valence-electron chi connectivity index (χ1n) is 5.92. The number of nitrogens with two attached hydrogens (primary N) is 1. The molecule has 0 spiro atoms. The van der Waals surface area contributed by atoms with Crippen molar-refractivity contribution in [2.45, 2.75) is 19.9 Å². The van der Waals surface area contributed by atoms with E-state index in [9.17, 15) is 0 Å². The summed E-state index contributed by atoms with van der Waals surface area (Å²) >= 11 is 0. The van der Waals surface area contributed by atoms with Crippen LogP contribution in [0, 0.1) is 0 Å². The second kappa shape index (κ2) is 5.44. The van der Waals surface area contributed by atoms with E-state index in [0.29, 0.717) is 5.82 Å². The molecule has 0 bridgehead atoms. The molecule has 5 nitrogen and oxygen atoms in total. The average molecular weight is 243 g/mol. The van der Waals surface area contributed by atoms with Crippen LogP contribution in [0.1, 0.15) is 18.3 Å². The van der Waals surface area contributed by atoms with Gasteiger partial charge in [0.2, 0.25) is 0 Å². The summed E-state index contributed by atoms with van der Waals surface area (Å²) in [7, 11) is 1.99. The van der Waals surface area contributed by atoms with E-state index in [-0.39, 0.29) is 0 Å². The third-order valence-corrected chi connectivity index (χ3v) is 2.66. The molecule has 0 saturated heterocycles. The number of anilines is 2. The maximum atomic E-state index is 5.78. The fourth-order valence-electron chi connectivity index (χ4n) is 1.70. The second-order valence-electron chi connectivity index (χ2n) is 4.13. The number of hydrogen-bond acceptors (Lipinski definition) is 5. The molecule has 0 aliphatic rings. The van der Waals surface area contributed by atoms with Crippen molar-refractivity contribution in [3.63, 3.8) is 0 Å². The summed E-state index contributed by atoms with van der Waals surface area (Å²) in [6.45, 7) is 2.78. The number of rotatable bonds is 4. The molecule has 0 saturated carbocycles. The third-order valence-electron chi connectivity index (χ3n) is 2.66. The fourth-order valence-corrected chi connectivity index (χ4v) is 1.70. The molecule has 0 aliphatic carbocycles. The van der Waals surface area contributed by atoms with E-state index in [2.05, 4.69) is 15.0 Å². The SMILES string of the molecule is CCc1nc(N)cc(N(C)Cc2ccncc2)n1. The van der Waals surface area contributed by atoms with Crippen LogP contribution in [0.5, 0.6) is 0 Å². The lowest BCUT2D eigenvalue weighted by molar-refractivity contribution is 0.860. The Balaban J connectivity index is 2.18. The van der Waals surface area contributed by atoms with Gasteiger partial charge in [-0.25, -0.2) is 9.97 Å². The van der Waals surface area contributed by atoms with E-state index in [1.807, 2.05) is 31.0 Å². The van der Waals surface area contributed by atoms with Crippen molar-refractivity contribution in [1.82, 2.24) is 15.0 Å². The third kappa shape index (κ3) is 2.94. The topological polar surface area (TPSA) is 67.9 Å². The van der Waals surface area contributed by atoms with E-state index < -0.39 is 0 Å². The van der Waals surface area contributed by atoms with Gasteiger partial charge in [-0.2, -0.15) is 0 Å². The summed E-state index contributed by atoms with van der Waals surface area (Å²) in [6.07, 6.45) is 4.35. The lowest BCUT2D eigenvalue weighted by Crippen LogP contribution is -2.19. The number of nitrogens with zero attached hydrogens (tertiary/aromatic N) is 4. The van der Waals surface area contributed by atoms with Crippen LogP contribution in [0.3, 0.4) is 0 Å². The van der Waals surface area contributed by atoms with E-state index in [1.54, 1.807) is 18.5 Å². The van der Waals surface area contributed by atoms with E-state index in [4.69, 9.17) is 5.73 Å². The van der Waals surface area contributed by atoms with Crippen molar-refractivity contribution >= 4 is 11.6 Å². The molecule has 18 heavy (non-hydrogen) atoms. The Morgan fingerprint density at radius 1 is 1.22 bits per heavy atom. The predicted molar refractivity (Wildman–Crippen MR) is 72.2 cm³/mol. The maximum Gasteiger partial charge on any atom is 0.134 e. The molecular formula is C13H17N5. The van der Waals surface area contributed by atoms with Gasteiger partial charge in [0.15, 0.2) is 0 Å². The number of pyridine rings is 1. The summed E-state index contributed by atoms with van der Waals surface area (Å²) in [4.78, 5) is 14.7. The van der Waals surface area contributed by atoms with Crippen LogP contribution in [0.25, 0.3) is 0 Å². The Labute approximate surface area is 107 Å². The lowest BCUT2D eigenvalue weighted by Gasteiger charge is -2.18. The Morgan fingerprint density at radius 2 is 1.94 bits per heavy atom. The molecule has 0 amide bonds. The van der Waals surface area contributed by atoms with Crippen LogP contribution in [0.15, 0.2) is 30.6 Å². The molecule has 0 aromatic carbocycles. The van der Waals surface area contributed by atoms with Crippen LogP contribution in [0.2, 0.25) is 0 Å². The summed E-state index contributed by atoms with van der Waals surface area (Å²) in [5.41, 5.74) is 6.96. The quantitative estimate of drug-likeness (QED) is 0.884. The zero-order valence-electron chi connectivity index (χ0n) is 10.7. The highest BCUT2D eigenvalue weighted by molar-refractivity contribution is 5.46. The maximum absolute atomic E-state index is 5.78. The minimum atomic E-state index is 0.512. The van der Waals surface area contributed by atoms with Crippen molar-refractivity contribution in [2.75, 3.05) is 17.7 Å². The minimum Gasteiger partial charge on any atom is -0.384 e. The molecule has 0 radical (unpaired) electrons. The monoisotopic (exact) mass is 243 g/mol. The zero-order chi connectivity index (χ0) is 13.0. The molecule has 0 fully saturated rings. The van der Waals surface area contributed by atoms with Crippen LogP contribution in [-0.2, 0) is 13.0 Å². The summed E-state index contributed by atoms with van der Waals surface area (Å²) in [6, 6.07) is 5.77. The van der Waals surface area contributed by atoms with Crippen LogP contribution in [-0.4, -0.2) is 22.0 Å². The van der Waals surface area contributed by atoms with Crippen molar-refractivity contribution in [1.29, 1.82) is 0 Å². The van der Waals surface area contributed by atoms with Crippen molar-refractivity contribution < 1.29 is 0 Å². The summed E-state index contributed by atoms with van der Waals surface area (Å²) in [5, 5.41) is 0. The van der Waals surface area contributed by atoms with Crippen LogP contribution in [0.4, 0.5) is 11.6 Å². The average Bonchev–Trinajstić information content (AvgIpc) is 2.39. The van der Waals surface area contributed by atoms with Crippen LogP contribution < -0.4 is 10.6 Å². The molecule has 2 heterocycles. The van der Waals surface area contributed by atoms with Gasteiger partial charge in [0.1, 0.15) is 17.5 Å². The van der Waals surface area contributed by atoms with Crippen molar-refractivity contribution in [3.8, 4) is 0 Å². The first-order valence-corrected chi connectivity index (χ1v) is 5.92. The number of nitrogen functional groups attached to an aromatic ring is 1. The van der Waals surface area contributed by atoms with Crippen molar-refractivity contribution in [3.05, 3.63) is 42.0 Å². The molecular weight excluding hydrogens is 226 g/mol. The summed E-state index contributed by atoms with van der Waals surface area (Å²) in [5.74, 6) is 2.13. The Hall–Kier alpha value is -2.17. The Morgan fingerprint density at radius 3 is 2.61 bits per heavy atom. The normalized spacial score (nSPS) is 10.3. The number of hydrogen-bond donors (Lipinski definition) is 1. The van der Waals surface area contributed by atoms with Gasteiger partial charge in [0, 0.05) is 38.5 Å². The molecule has 2 aromatic rings. The van der Waals surface area contributed by atoms with Crippen molar-refractivity contribution in [2.24, 2.45) is 0 Å². The predicted octanol–water partition coefficient (Wildman–Crippen LogP) is 1.65. The van der Waals surface area contributed by atoms with Gasteiger partial charge < -0.3 is 10.6 Å². The number of aryl methyl sites for hydroxylation is 1. The first-order chi connectivity index (χ1) is 8.69. The van der Waals surface area contributed by atoms with Gasteiger partial charge in [-0.3, -0.25) is 4.98 Å². The van der Waals surface area contributed by atoms with E-state index >= 15 is 0 Å². The Bertz CT molecular complexity index is 512. The van der Waals surface area contributed by atoms with Gasteiger partial charge in [0.25, 0.3) is 0 Å². The Kier molecular flexibility index (Phi) is 3.72. The van der Waals surface area contributed by atoms with Gasteiger partial charge in [-0.1, -0.05) is 6.92 Å². The second-order valence-corrected chi connectivity index (χ2v) is 4.13. The highest BCUT2D eigenvalue weighted by Crippen LogP contribution is 2.15. The standard InChI is InChI=1S/C13H17N5/c1-3-12-16-11(14)8-13(17-12)18(2)9-10-4-6-15-7-5-10/h4-8H,3,9H2,1-2H3,(H2,14,16,17). The van der Waals surface area contributed by atoms with Gasteiger partial charge in [-0.15, -0.1) is 0 Å². The lowest BCUT2D eigenvalue weighted by atomic mass is 10.2. The molecule has 2 aromatic heterocycles. The van der Waals surface area contributed by atoms with Gasteiger partial charge in [0.05, 0.1) is 0 Å². The van der Waals surface area contributed by atoms with Gasteiger partial charge >= 0.3 is 0 Å².